The average Bonchev–Trinajstić information content (AvgIpc) is 2.97. The van der Waals surface area contributed by atoms with Gasteiger partial charge in [-0.2, -0.15) is 22.4 Å². The van der Waals surface area contributed by atoms with Crippen molar-refractivity contribution >= 4 is 25.7 Å². The van der Waals surface area contributed by atoms with Crippen LogP contribution in [0.2, 0.25) is 13.1 Å². The van der Waals surface area contributed by atoms with Gasteiger partial charge in [-0.1, -0.05) is 33.0 Å². The Morgan fingerprint density at radius 3 is 2.09 bits per heavy atom. The Morgan fingerprint density at radius 1 is 1.05 bits per heavy atom. The summed E-state index contributed by atoms with van der Waals surface area (Å²) in [6.45, 7) is 8.69. The molecule has 1 nitrogen and oxygen atoms in total. The molecule has 1 N–H and O–H groups in total. The zero-order valence-electron chi connectivity index (χ0n) is 13.2. The number of rotatable bonds is 0. The predicted molar refractivity (Wildman–Crippen MR) is 85.2 cm³/mol. The summed E-state index contributed by atoms with van der Waals surface area (Å²) in [6.07, 6.45) is 10.6. The fraction of sp³-hybridized carbons (Fsp3) is 0.235. The average molecular weight is 384 g/mol. The van der Waals surface area contributed by atoms with Crippen molar-refractivity contribution in [2.75, 3.05) is 0 Å². The van der Waals surface area contributed by atoms with E-state index in [-0.39, 0.29) is 54.9 Å². The van der Waals surface area contributed by atoms with Crippen LogP contribution >= 0.6 is 0 Å². The number of halogens is 2. The smallest absolute Gasteiger partial charge is 1.00 e. The molecule has 0 bridgehead atoms. The van der Waals surface area contributed by atoms with Crippen LogP contribution < -0.4 is 35.3 Å². The van der Waals surface area contributed by atoms with Crippen LogP contribution in [0.1, 0.15) is 11.1 Å². The van der Waals surface area contributed by atoms with E-state index in [2.05, 4.69) is 67.6 Å². The number of hydrogen-bond donors (Lipinski definition) is 1. The van der Waals surface area contributed by atoms with Crippen molar-refractivity contribution in [3.05, 3.63) is 58.2 Å². The Bertz CT molecular complexity index is 678. The zero-order valence-corrected chi connectivity index (χ0v) is 17.3. The summed E-state index contributed by atoms with van der Waals surface area (Å²) in [7, 11) is -0.329. The van der Waals surface area contributed by atoms with Gasteiger partial charge >= 0.3 is 21.7 Å². The summed E-state index contributed by atoms with van der Waals surface area (Å²) in [6, 6.07) is 8.43. The molecule has 1 heterocycles. The number of H-pyrrole nitrogens is 1. The Labute approximate surface area is 161 Å². The standard InChI is InChI=1S/C11H11Si.C6H8N.2ClH.Ti/c1-12(2)11-7-9-5-3-4-6-10(9)8-11;1-5-3-7-4-6(5)2;;;/h3-7H,1-2H3;3,7H,1-2H3;2*1H;/q2*-1;;;+4/p-2. The van der Waals surface area contributed by atoms with E-state index in [9.17, 15) is 0 Å². The second kappa shape index (κ2) is 11.2. The van der Waals surface area contributed by atoms with Gasteiger partial charge in [-0.25, -0.2) is 0 Å². The topological polar surface area (TPSA) is 15.8 Å². The van der Waals surface area contributed by atoms with Crippen molar-refractivity contribution in [1.29, 1.82) is 0 Å². The van der Waals surface area contributed by atoms with E-state index >= 15 is 0 Å². The first kappa shape index (κ1) is 23.9. The minimum absolute atomic E-state index is 0. The summed E-state index contributed by atoms with van der Waals surface area (Å²) in [4.78, 5) is 2.87. The van der Waals surface area contributed by atoms with Crippen LogP contribution in [-0.2, 0) is 21.7 Å². The molecule has 0 unspecified atom stereocenters. The summed E-state index contributed by atoms with van der Waals surface area (Å²) in [5, 5.41) is 4.01. The number of hydrogen-bond acceptors (Lipinski definition) is 0. The fourth-order valence-electron chi connectivity index (χ4n) is 1.80. The van der Waals surface area contributed by atoms with Gasteiger partial charge in [0.2, 0.25) is 0 Å². The van der Waals surface area contributed by atoms with Gasteiger partial charge in [0, 0.05) is 0 Å². The van der Waals surface area contributed by atoms with Crippen molar-refractivity contribution in [2.45, 2.75) is 26.9 Å². The number of nitrogens with one attached hydrogen (secondary N) is 1. The van der Waals surface area contributed by atoms with Gasteiger partial charge in [0.15, 0.2) is 0 Å². The summed E-state index contributed by atoms with van der Waals surface area (Å²) >= 11 is 0. The summed E-state index contributed by atoms with van der Waals surface area (Å²) in [5.74, 6) is 0. The fourth-order valence-corrected chi connectivity index (χ4v) is 2.63. The molecule has 0 radical (unpaired) electrons. The van der Waals surface area contributed by atoms with Crippen molar-refractivity contribution < 1.29 is 46.5 Å². The molecular weight excluding hydrogens is 365 g/mol. The third-order valence-electron chi connectivity index (χ3n) is 3.21. The first-order valence-electron chi connectivity index (χ1n) is 6.48. The van der Waals surface area contributed by atoms with Crippen LogP contribution in [0.4, 0.5) is 0 Å². The zero-order chi connectivity index (χ0) is 13.8. The minimum atomic E-state index is -0.329. The second-order valence-electron chi connectivity index (χ2n) is 4.99. The molecule has 0 saturated carbocycles. The van der Waals surface area contributed by atoms with E-state index in [1.807, 2.05) is 13.1 Å². The van der Waals surface area contributed by atoms with E-state index in [0.29, 0.717) is 0 Å². The van der Waals surface area contributed by atoms with Gasteiger partial charge in [-0.3, -0.25) is 0 Å². The van der Waals surface area contributed by atoms with Crippen LogP contribution in [0.25, 0.3) is 12.2 Å². The van der Waals surface area contributed by atoms with Crippen molar-refractivity contribution in [1.82, 2.24) is 4.98 Å². The number of benzene rings is 1. The first-order valence-corrected chi connectivity index (χ1v) is 8.98. The van der Waals surface area contributed by atoms with Crippen LogP contribution in [0.5, 0.6) is 0 Å². The molecule has 1 aliphatic carbocycles. The first-order chi connectivity index (χ1) is 9.08. The Hall–Kier alpha value is -0.379. The molecule has 0 atom stereocenters. The normalized spacial score (nSPS) is 10.3. The largest absolute Gasteiger partial charge is 4.00 e. The van der Waals surface area contributed by atoms with Crippen molar-refractivity contribution in [3.8, 4) is 0 Å². The molecule has 1 aliphatic rings. The number of aromatic nitrogens is 1. The Balaban J connectivity index is 0. The van der Waals surface area contributed by atoms with E-state index in [4.69, 9.17) is 0 Å². The van der Waals surface area contributed by atoms with Crippen LogP contribution in [0.3, 0.4) is 0 Å². The molecule has 1 aromatic heterocycles. The molecule has 114 valence electrons. The molecule has 0 fully saturated rings. The molecule has 1 aromatic carbocycles. The third-order valence-corrected chi connectivity index (χ3v) is 4.56. The van der Waals surface area contributed by atoms with Crippen LogP contribution in [-0.4, -0.2) is 18.6 Å². The second-order valence-corrected chi connectivity index (χ2v) is 7.53. The maximum Gasteiger partial charge on any atom is 4.00 e. The minimum Gasteiger partial charge on any atom is -1.00 e. The van der Waals surface area contributed by atoms with E-state index in [1.165, 1.54) is 26.7 Å². The maximum absolute atomic E-state index is 3.44. The van der Waals surface area contributed by atoms with Gasteiger partial charge < -0.3 is 29.8 Å². The quantitative estimate of drug-likeness (QED) is 0.353. The monoisotopic (exact) mass is 383 g/mol. The maximum atomic E-state index is 3.44. The van der Waals surface area contributed by atoms with Crippen LogP contribution in [0.15, 0.2) is 30.5 Å². The van der Waals surface area contributed by atoms with E-state index in [1.54, 1.807) is 0 Å². The molecule has 2 aromatic rings. The van der Waals surface area contributed by atoms with Gasteiger partial charge in [0.05, 0.1) is 0 Å². The Kier molecular flexibility index (Phi) is 12.2. The molecule has 0 spiro atoms. The predicted octanol–water partition coefficient (Wildman–Crippen LogP) is -3.92. The molecule has 5 heteroatoms. The van der Waals surface area contributed by atoms with Crippen LogP contribution in [0, 0.1) is 20.0 Å². The number of aromatic amines is 1. The van der Waals surface area contributed by atoms with Gasteiger partial charge in [-0.05, 0) is 8.41 Å². The summed E-state index contributed by atoms with van der Waals surface area (Å²) < 4.78 is 0. The van der Waals surface area contributed by atoms with Gasteiger partial charge in [-0.15, -0.1) is 47.1 Å². The van der Waals surface area contributed by atoms with E-state index in [0.717, 1.165) is 0 Å². The molecule has 0 amide bonds. The van der Waals surface area contributed by atoms with Gasteiger partial charge in [0.25, 0.3) is 0 Å². The SMILES string of the molecule is C[Si](C)=C1[C-]=c2ccccc2=C1.Cc1[c-][nH]cc1C.[Cl-].[Cl-].[Ti+4]. The molecular formula is C17H19Cl2NSiTi. The molecule has 0 aliphatic heterocycles. The van der Waals surface area contributed by atoms with Crippen molar-refractivity contribution in [3.63, 3.8) is 0 Å². The number of fused-ring (bicyclic) bond motifs is 1. The molecule has 22 heavy (non-hydrogen) atoms. The molecule has 0 saturated heterocycles. The van der Waals surface area contributed by atoms with Crippen molar-refractivity contribution in [2.24, 2.45) is 0 Å². The Morgan fingerprint density at radius 2 is 1.68 bits per heavy atom. The summed E-state index contributed by atoms with van der Waals surface area (Å²) in [5.41, 5.74) is 2.49. The molecule has 3 rings (SSSR count). The third kappa shape index (κ3) is 6.39. The van der Waals surface area contributed by atoms with E-state index < -0.39 is 0 Å². The van der Waals surface area contributed by atoms with Gasteiger partial charge in [0.1, 0.15) is 0 Å². The number of aryl methyl sites for hydroxylation is 2.